The molecule has 0 saturated heterocycles. The van der Waals surface area contributed by atoms with Gasteiger partial charge in [-0.3, -0.25) is 4.72 Å². The van der Waals surface area contributed by atoms with Crippen molar-refractivity contribution < 1.29 is 18.3 Å². The lowest BCUT2D eigenvalue weighted by Crippen LogP contribution is -2.14. The highest BCUT2D eigenvalue weighted by atomic mass is 79.9. The van der Waals surface area contributed by atoms with Gasteiger partial charge in [-0.15, -0.1) is 10.2 Å². The summed E-state index contributed by atoms with van der Waals surface area (Å²) in [5.41, 5.74) is -0.00925. The minimum absolute atomic E-state index is 0.00925. The zero-order valence-electron chi connectivity index (χ0n) is 10.7. The van der Waals surface area contributed by atoms with Gasteiger partial charge < -0.3 is 5.11 Å². The second kappa shape index (κ2) is 6.08. The van der Waals surface area contributed by atoms with E-state index >= 15 is 0 Å². The molecule has 0 fully saturated rings. The maximum absolute atomic E-state index is 12.3. The maximum Gasteiger partial charge on any atom is 0.335 e. The van der Waals surface area contributed by atoms with Crippen LogP contribution in [0.3, 0.4) is 0 Å². The van der Waals surface area contributed by atoms with Crippen molar-refractivity contribution in [2.24, 2.45) is 0 Å². The summed E-state index contributed by atoms with van der Waals surface area (Å²) in [5, 5.41) is 17.3. The van der Waals surface area contributed by atoms with Crippen molar-refractivity contribution in [2.45, 2.75) is 18.2 Å². The number of aryl methyl sites for hydroxylation is 1. The molecule has 0 aliphatic heterocycles. The van der Waals surface area contributed by atoms with E-state index in [-0.39, 0.29) is 20.1 Å². The molecule has 0 saturated carbocycles. The number of carboxylic acid groups (broad SMARTS) is 1. The predicted molar refractivity (Wildman–Crippen MR) is 81.2 cm³/mol. The van der Waals surface area contributed by atoms with Crippen LogP contribution in [0, 0.1) is 0 Å². The van der Waals surface area contributed by atoms with E-state index in [9.17, 15) is 13.2 Å². The Morgan fingerprint density at radius 3 is 2.67 bits per heavy atom. The van der Waals surface area contributed by atoms with Gasteiger partial charge in [0.25, 0.3) is 10.0 Å². The van der Waals surface area contributed by atoms with Crippen LogP contribution in [0.25, 0.3) is 0 Å². The number of nitrogens with one attached hydrogen (secondary N) is 1. The first-order chi connectivity index (χ1) is 9.83. The monoisotopic (exact) mass is 391 g/mol. The smallest absolute Gasteiger partial charge is 0.335 e. The van der Waals surface area contributed by atoms with Gasteiger partial charge in [0.1, 0.15) is 9.90 Å². The van der Waals surface area contributed by atoms with E-state index in [4.69, 9.17) is 5.11 Å². The molecule has 10 heteroatoms. The first-order valence-electron chi connectivity index (χ1n) is 5.71. The number of nitrogens with zero attached hydrogens (tertiary/aromatic N) is 2. The largest absolute Gasteiger partial charge is 0.478 e. The van der Waals surface area contributed by atoms with Crippen LogP contribution in [0.1, 0.15) is 22.3 Å². The molecule has 1 heterocycles. The van der Waals surface area contributed by atoms with Crippen LogP contribution in [0.2, 0.25) is 0 Å². The number of carbonyl (C=O) groups is 1. The third-order valence-corrected chi connectivity index (χ3v) is 5.89. The average Bonchev–Trinajstić information content (AvgIpc) is 2.85. The van der Waals surface area contributed by atoms with Crippen molar-refractivity contribution in [3.05, 3.63) is 33.2 Å². The summed E-state index contributed by atoms with van der Waals surface area (Å²) in [7, 11) is -3.86. The Hall–Kier alpha value is -1.52. The Labute approximate surface area is 133 Å². The molecule has 0 bridgehead atoms. The van der Waals surface area contributed by atoms with Gasteiger partial charge in [-0.2, -0.15) is 0 Å². The lowest BCUT2D eigenvalue weighted by Gasteiger charge is -2.07. The van der Waals surface area contributed by atoms with Crippen molar-refractivity contribution in [3.63, 3.8) is 0 Å². The molecule has 0 amide bonds. The summed E-state index contributed by atoms with van der Waals surface area (Å²) in [4.78, 5) is 10.8. The van der Waals surface area contributed by atoms with E-state index in [1.54, 1.807) is 0 Å². The Balaban J connectivity index is 2.33. The van der Waals surface area contributed by atoms with Crippen LogP contribution in [0.15, 0.2) is 27.6 Å². The maximum atomic E-state index is 12.3. The van der Waals surface area contributed by atoms with Gasteiger partial charge in [-0.05, 0) is 40.5 Å². The molecule has 1 aromatic carbocycles. The van der Waals surface area contributed by atoms with E-state index in [1.165, 1.54) is 18.2 Å². The summed E-state index contributed by atoms with van der Waals surface area (Å²) >= 11 is 4.21. The molecular weight excluding hydrogens is 382 g/mol. The first kappa shape index (κ1) is 15.9. The zero-order valence-corrected chi connectivity index (χ0v) is 13.9. The summed E-state index contributed by atoms with van der Waals surface area (Å²) < 4.78 is 27.0. The number of rotatable bonds is 5. The number of benzene rings is 1. The van der Waals surface area contributed by atoms with Gasteiger partial charge in [0.15, 0.2) is 0 Å². The minimum Gasteiger partial charge on any atom is -0.478 e. The van der Waals surface area contributed by atoms with E-state index in [0.717, 1.165) is 11.3 Å². The fourth-order valence-electron chi connectivity index (χ4n) is 1.46. The highest BCUT2D eigenvalue weighted by Crippen LogP contribution is 2.26. The van der Waals surface area contributed by atoms with Gasteiger partial charge >= 0.3 is 5.97 Å². The molecule has 0 unspecified atom stereocenters. The van der Waals surface area contributed by atoms with Gasteiger partial charge in [-0.1, -0.05) is 18.3 Å². The number of anilines is 1. The Bertz CT molecular complexity index is 789. The van der Waals surface area contributed by atoms with Gasteiger partial charge in [0, 0.05) is 4.47 Å². The SMILES string of the molecule is CCc1nnc(NS(=O)(=O)c2ccc(C(=O)O)cc2Br)s1. The fraction of sp³-hybridized carbons (Fsp3) is 0.182. The fourth-order valence-corrected chi connectivity index (χ4v) is 4.45. The van der Waals surface area contributed by atoms with Crippen LogP contribution >= 0.6 is 27.3 Å². The van der Waals surface area contributed by atoms with Crippen molar-refractivity contribution in [1.82, 2.24) is 10.2 Å². The highest BCUT2D eigenvalue weighted by molar-refractivity contribution is 9.10. The first-order valence-corrected chi connectivity index (χ1v) is 8.81. The predicted octanol–water partition coefficient (Wildman–Crippen LogP) is 2.36. The molecule has 2 rings (SSSR count). The number of halogens is 1. The number of hydrogen-bond donors (Lipinski definition) is 2. The van der Waals surface area contributed by atoms with Crippen molar-refractivity contribution in [3.8, 4) is 0 Å². The molecule has 0 radical (unpaired) electrons. The van der Waals surface area contributed by atoms with Crippen molar-refractivity contribution in [1.29, 1.82) is 0 Å². The normalized spacial score (nSPS) is 11.3. The Morgan fingerprint density at radius 2 is 2.14 bits per heavy atom. The third kappa shape index (κ3) is 3.57. The quantitative estimate of drug-likeness (QED) is 0.809. The molecule has 0 aliphatic rings. The van der Waals surface area contributed by atoms with E-state index in [2.05, 4.69) is 30.8 Å². The molecule has 0 aliphatic carbocycles. The second-order valence-corrected chi connectivity index (χ2v) is 7.48. The number of hydrogen-bond acceptors (Lipinski definition) is 6. The minimum atomic E-state index is -3.86. The molecule has 21 heavy (non-hydrogen) atoms. The summed E-state index contributed by atoms with van der Waals surface area (Å²) in [6.45, 7) is 1.89. The van der Waals surface area contributed by atoms with Crippen LogP contribution in [-0.2, 0) is 16.4 Å². The highest BCUT2D eigenvalue weighted by Gasteiger charge is 2.20. The van der Waals surface area contributed by atoms with Gasteiger partial charge in [-0.25, -0.2) is 13.2 Å². The van der Waals surface area contributed by atoms with Gasteiger partial charge in [0.2, 0.25) is 5.13 Å². The van der Waals surface area contributed by atoms with Crippen molar-refractivity contribution in [2.75, 3.05) is 4.72 Å². The molecular formula is C11H10BrN3O4S2. The summed E-state index contributed by atoms with van der Waals surface area (Å²) in [5.74, 6) is -1.13. The van der Waals surface area contributed by atoms with E-state index in [0.29, 0.717) is 11.4 Å². The number of sulfonamides is 1. The van der Waals surface area contributed by atoms with Crippen LogP contribution < -0.4 is 4.72 Å². The van der Waals surface area contributed by atoms with Crippen LogP contribution in [0.4, 0.5) is 5.13 Å². The second-order valence-electron chi connectivity index (χ2n) is 3.91. The van der Waals surface area contributed by atoms with E-state index < -0.39 is 16.0 Å². The molecule has 1 aromatic heterocycles. The number of aromatic carboxylic acids is 1. The van der Waals surface area contributed by atoms with E-state index in [1.807, 2.05) is 6.92 Å². The standard InChI is InChI=1S/C11H10BrN3O4S2/c1-2-9-13-14-11(20-9)15-21(18,19)8-4-3-6(10(16)17)5-7(8)12/h3-5H,2H2,1H3,(H,14,15)(H,16,17). The number of aromatic nitrogens is 2. The van der Waals surface area contributed by atoms with Crippen molar-refractivity contribution >= 4 is 48.4 Å². The molecule has 2 N–H and O–H groups in total. The topological polar surface area (TPSA) is 109 Å². The molecule has 2 aromatic rings. The number of carboxylic acids is 1. The van der Waals surface area contributed by atoms with Crippen LogP contribution in [-0.4, -0.2) is 29.7 Å². The molecule has 0 spiro atoms. The zero-order chi connectivity index (χ0) is 15.6. The van der Waals surface area contributed by atoms with Crippen LogP contribution in [0.5, 0.6) is 0 Å². The Kier molecular flexibility index (Phi) is 4.59. The average molecular weight is 392 g/mol. The molecule has 7 nitrogen and oxygen atoms in total. The lowest BCUT2D eigenvalue weighted by atomic mass is 10.2. The Morgan fingerprint density at radius 1 is 1.43 bits per heavy atom. The summed E-state index contributed by atoms with van der Waals surface area (Å²) in [6, 6.07) is 3.67. The van der Waals surface area contributed by atoms with Gasteiger partial charge in [0.05, 0.1) is 5.56 Å². The third-order valence-electron chi connectivity index (χ3n) is 2.46. The lowest BCUT2D eigenvalue weighted by molar-refractivity contribution is 0.0696. The molecule has 112 valence electrons. The summed E-state index contributed by atoms with van der Waals surface area (Å²) in [6.07, 6.45) is 0.663. The molecule has 0 atom stereocenters.